The molecule has 0 bridgehead atoms. The van der Waals surface area contributed by atoms with Crippen LogP contribution in [0.4, 0.5) is 0 Å². The van der Waals surface area contributed by atoms with Gasteiger partial charge in [0.2, 0.25) is 0 Å². The van der Waals surface area contributed by atoms with E-state index in [0.717, 1.165) is 55.8 Å². The molecule has 0 radical (unpaired) electrons. The number of oxazole rings is 1. The number of methoxy groups -OCH3 is 1. The minimum atomic E-state index is 0.210. The van der Waals surface area contributed by atoms with Gasteiger partial charge in [-0.2, -0.15) is 0 Å². The third-order valence-electron chi connectivity index (χ3n) is 4.93. The Bertz CT molecular complexity index is 1330. The lowest BCUT2D eigenvalue weighted by atomic mass is 10.0. The highest BCUT2D eigenvalue weighted by Crippen LogP contribution is 2.38. The maximum Gasteiger partial charge on any atom is 0.198 e. The first kappa shape index (κ1) is 16.9. The molecule has 4 heterocycles. The lowest BCUT2D eigenvalue weighted by Gasteiger charge is -2.08. The summed E-state index contributed by atoms with van der Waals surface area (Å²) in [6.45, 7) is 6.40. The molecule has 0 amide bonds. The van der Waals surface area contributed by atoms with Crippen LogP contribution in [0.25, 0.3) is 44.3 Å². The molecule has 0 saturated carbocycles. The van der Waals surface area contributed by atoms with Crippen molar-refractivity contribution >= 4 is 32.9 Å². The van der Waals surface area contributed by atoms with Gasteiger partial charge in [0.05, 0.1) is 24.0 Å². The van der Waals surface area contributed by atoms with Gasteiger partial charge in [-0.05, 0) is 19.1 Å². The molecule has 0 spiro atoms. The molecule has 1 aromatic carbocycles. The van der Waals surface area contributed by atoms with Crippen molar-refractivity contribution < 1.29 is 13.7 Å². The number of H-pyrrole nitrogens is 1. The Morgan fingerprint density at radius 3 is 2.75 bits per heavy atom. The number of benzene rings is 1. The predicted octanol–water partition coefficient (Wildman–Crippen LogP) is 5.09. The number of rotatable bonds is 4. The standard InChI is InChI=1S/C21H20N4O3/c1-10(2)21-24-20-16(27-21)6-5-13-18(20)17-12(9-26-4)19(22-8-15(17)23-13)14-7-11(3)28-25-14/h5-8,10,23H,9H2,1-4H3. The summed E-state index contributed by atoms with van der Waals surface area (Å²) in [4.78, 5) is 12.9. The summed E-state index contributed by atoms with van der Waals surface area (Å²) in [5.41, 5.74) is 5.91. The average Bonchev–Trinajstić information content (AvgIpc) is 3.37. The quantitative estimate of drug-likeness (QED) is 0.470. The molecule has 4 aromatic heterocycles. The Balaban J connectivity index is 1.91. The zero-order valence-electron chi connectivity index (χ0n) is 16.2. The fourth-order valence-electron chi connectivity index (χ4n) is 3.68. The van der Waals surface area contributed by atoms with E-state index in [2.05, 4.69) is 29.0 Å². The highest BCUT2D eigenvalue weighted by atomic mass is 16.5. The number of ether oxygens (including phenoxy) is 1. The van der Waals surface area contributed by atoms with E-state index in [4.69, 9.17) is 18.7 Å². The molecule has 0 aliphatic heterocycles. The largest absolute Gasteiger partial charge is 0.440 e. The summed E-state index contributed by atoms with van der Waals surface area (Å²) in [6.07, 6.45) is 1.82. The van der Waals surface area contributed by atoms with Gasteiger partial charge in [-0.25, -0.2) is 4.98 Å². The maximum absolute atomic E-state index is 5.97. The third-order valence-corrected chi connectivity index (χ3v) is 4.93. The van der Waals surface area contributed by atoms with Gasteiger partial charge in [0.1, 0.15) is 17.0 Å². The average molecular weight is 376 g/mol. The van der Waals surface area contributed by atoms with Crippen LogP contribution in [0, 0.1) is 6.92 Å². The van der Waals surface area contributed by atoms with Crippen molar-refractivity contribution in [1.82, 2.24) is 20.1 Å². The number of nitrogens with zero attached hydrogens (tertiary/aromatic N) is 3. The van der Waals surface area contributed by atoms with Crippen molar-refractivity contribution in [3.63, 3.8) is 0 Å². The second kappa shape index (κ2) is 6.17. The van der Waals surface area contributed by atoms with Crippen molar-refractivity contribution in [3.8, 4) is 11.4 Å². The van der Waals surface area contributed by atoms with Crippen LogP contribution in [0.15, 0.2) is 33.3 Å². The summed E-state index contributed by atoms with van der Waals surface area (Å²) >= 11 is 0. The Kier molecular flexibility index (Phi) is 3.73. The third kappa shape index (κ3) is 2.43. The highest BCUT2D eigenvalue weighted by molar-refractivity contribution is 6.19. The van der Waals surface area contributed by atoms with Gasteiger partial charge in [-0.3, -0.25) is 4.98 Å². The summed E-state index contributed by atoms with van der Waals surface area (Å²) < 4.78 is 16.8. The van der Waals surface area contributed by atoms with E-state index in [1.54, 1.807) is 7.11 Å². The first-order valence-electron chi connectivity index (χ1n) is 9.22. The monoisotopic (exact) mass is 376 g/mol. The van der Waals surface area contributed by atoms with Crippen LogP contribution in [0.3, 0.4) is 0 Å². The van der Waals surface area contributed by atoms with Gasteiger partial charge in [0.25, 0.3) is 0 Å². The smallest absolute Gasteiger partial charge is 0.198 e. The summed E-state index contributed by atoms with van der Waals surface area (Å²) in [5, 5.41) is 6.19. The van der Waals surface area contributed by atoms with Crippen molar-refractivity contribution in [2.45, 2.75) is 33.3 Å². The molecular weight excluding hydrogens is 356 g/mol. The van der Waals surface area contributed by atoms with E-state index >= 15 is 0 Å². The number of fused-ring (bicyclic) bond motifs is 5. The van der Waals surface area contributed by atoms with Crippen LogP contribution < -0.4 is 0 Å². The fraction of sp³-hybridized carbons (Fsp3) is 0.286. The lowest BCUT2D eigenvalue weighted by molar-refractivity contribution is 0.186. The molecule has 0 saturated heterocycles. The SMILES string of the molecule is COCc1c(-c2cc(C)on2)ncc2[nH]c3ccc4oc(C(C)C)nc4c3c12. The summed E-state index contributed by atoms with van der Waals surface area (Å²) in [6, 6.07) is 5.85. The highest BCUT2D eigenvalue weighted by Gasteiger charge is 2.21. The van der Waals surface area contributed by atoms with Gasteiger partial charge in [0.15, 0.2) is 11.5 Å². The van der Waals surface area contributed by atoms with Crippen LogP contribution in [0.2, 0.25) is 0 Å². The fourth-order valence-corrected chi connectivity index (χ4v) is 3.68. The van der Waals surface area contributed by atoms with Gasteiger partial charge in [-0.1, -0.05) is 19.0 Å². The second-order valence-corrected chi connectivity index (χ2v) is 7.30. The van der Waals surface area contributed by atoms with Crippen molar-refractivity contribution in [2.75, 3.05) is 7.11 Å². The zero-order valence-corrected chi connectivity index (χ0v) is 16.2. The Morgan fingerprint density at radius 2 is 2.04 bits per heavy atom. The molecule has 0 unspecified atom stereocenters. The molecule has 7 nitrogen and oxygen atoms in total. The number of nitrogens with one attached hydrogen (secondary N) is 1. The molecule has 1 N–H and O–H groups in total. The normalized spacial score (nSPS) is 12.2. The lowest BCUT2D eigenvalue weighted by Crippen LogP contribution is -1.97. The van der Waals surface area contributed by atoms with Crippen LogP contribution in [-0.2, 0) is 11.3 Å². The van der Waals surface area contributed by atoms with Gasteiger partial charge < -0.3 is 18.7 Å². The van der Waals surface area contributed by atoms with Crippen LogP contribution in [-0.4, -0.2) is 27.2 Å². The molecule has 0 fully saturated rings. The Hall–Kier alpha value is -3.19. The number of aryl methyl sites for hydroxylation is 1. The topological polar surface area (TPSA) is 90.0 Å². The molecule has 7 heteroatoms. The minimum absolute atomic E-state index is 0.210. The molecule has 142 valence electrons. The maximum atomic E-state index is 5.97. The first-order valence-corrected chi connectivity index (χ1v) is 9.22. The number of pyridine rings is 1. The Labute approximate surface area is 160 Å². The summed E-state index contributed by atoms with van der Waals surface area (Å²) in [5.74, 6) is 1.67. The van der Waals surface area contributed by atoms with E-state index < -0.39 is 0 Å². The minimum Gasteiger partial charge on any atom is -0.440 e. The summed E-state index contributed by atoms with van der Waals surface area (Å²) in [7, 11) is 1.67. The molecule has 28 heavy (non-hydrogen) atoms. The molecule has 5 aromatic rings. The van der Waals surface area contributed by atoms with Crippen molar-refractivity contribution in [3.05, 3.63) is 41.6 Å². The number of aromatic nitrogens is 4. The molecule has 5 rings (SSSR count). The van der Waals surface area contributed by atoms with Crippen LogP contribution >= 0.6 is 0 Å². The number of hydrogen-bond acceptors (Lipinski definition) is 6. The van der Waals surface area contributed by atoms with Gasteiger partial charge in [0, 0.05) is 40.9 Å². The number of aromatic amines is 1. The predicted molar refractivity (Wildman–Crippen MR) is 106 cm³/mol. The zero-order chi connectivity index (χ0) is 19.4. The number of hydrogen-bond donors (Lipinski definition) is 1. The van der Waals surface area contributed by atoms with E-state index in [9.17, 15) is 0 Å². The second-order valence-electron chi connectivity index (χ2n) is 7.30. The first-order chi connectivity index (χ1) is 13.6. The van der Waals surface area contributed by atoms with Crippen LogP contribution in [0.1, 0.15) is 37.0 Å². The molecule has 0 aliphatic carbocycles. The molecule has 0 aliphatic rings. The van der Waals surface area contributed by atoms with E-state index in [0.29, 0.717) is 12.3 Å². The Morgan fingerprint density at radius 1 is 1.18 bits per heavy atom. The van der Waals surface area contributed by atoms with Gasteiger partial charge in [-0.15, -0.1) is 0 Å². The molecular formula is C21H20N4O3. The van der Waals surface area contributed by atoms with Gasteiger partial charge >= 0.3 is 0 Å². The van der Waals surface area contributed by atoms with Crippen molar-refractivity contribution in [2.24, 2.45) is 0 Å². The van der Waals surface area contributed by atoms with Crippen LogP contribution in [0.5, 0.6) is 0 Å². The van der Waals surface area contributed by atoms with E-state index in [1.165, 1.54) is 0 Å². The van der Waals surface area contributed by atoms with E-state index in [1.807, 2.05) is 31.3 Å². The van der Waals surface area contributed by atoms with E-state index in [-0.39, 0.29) is 5.92 Å². The molecule has 0 atom stereocenters. The van der Waals surface area contributed by atoms with Crippen molar-refractivity contribution in [1.29, 1.82) is 0 Å².